The zero-order valence-corrected chi connectivity index (χ0v) is 13.1. The van der Waals surface area contributed by atoms with Crippen LogP contribution in [0.2, 0.25) is 0 Å². The van der Waals surface area contributed by atoms with Crippen molar-refractivity contribution in [1.82, 2.24) is 10.1 Å². The van der Waals surface area contributed by atoms with Gasteiger partial charge in [0.25, 0.3) is 0 Å². The molecule has 0 fully saturated rings. The molecule has 5 heteroatoms. The van der Waals surface area contributed by atoms with E-state index in [1.54, 1.807) is 0 Å². The maximum absolute atomic E-state index is 5.43. The van der Waals surface area contributed by atoms with Crippen LogP contribution in [0, 0.1) is 0 Å². The van der Waals surface area contributed by atoms with Crippen molar-refractivity contribution in [3.8, 4) is 0 Å². The summed E-state index contributed by atoms with van der Waals surface area (Å²) in [6.45, 7) is 10.0. The van der Waals surface area contributed by atoms with E-state index in [1.807, 2.05) is 6.07 Å². The molecule has 1 aliphatic heterocycles. The number of para-hydroxylation sites is 2. The largest absolute Gasteiger partial charge is 0.381 e. The lowest BCUT2D eigenvalue weighted by Crippen LogP contribution is -2.41. The number of nitrogens with zero attached hydrogens (tertiary/aromatic N) is 3. The van der Waals surface area contributed by atoms with Crippen LogP contribution < -0.4 is 10.2 Å². The molecule has 1 aromatic carbocycles. The van der Waals surface area contributed by atoms with Gasteiger partial charge < -0.3 is 14.7 Å². The summed E-state index contributed by atoms with van der Waals surface area (Å²) in [5.74, 6) is 1.43. The van der Waals surface area contributed by atoms with Gasteiger partial charge in [-0.25, -0.2) is 0 Å². The second-order valence-electron chi connectivity index (χ2n) is 6.64. The van der Waals surface area contributed by atoms with Crippen LogP contribution in [0.25, 0.3) is 0 Å². The molecule has 1 unspecified atom stereocenters. The molecular weight excluding hydrogens is 264 g/mol. The number of aromatic nitrogens is 2. The predicted molar refractivity (Wildman–Crippen MR) is 83.6 cm³/mol. The highest BCUT2D eigenvalue weighted by Gasteiger charge is 2.26. The van der Waals surface area contributed by atoms with Crippen molar-refractivity contribution in [2.75, 3.05) is 16.8 Å². The first kappa shape index (κ1) is 13.9. The van der Waals surface area contributed by atoms with E-state index in [0.717, 1.165) is 18.1 Å². The molecule has 5 nitrogen and oxygen atoms in total. The lowest BCUT2D eigenvalue weighted by molar-refractivity contribution is 0.358. The molecule has 2 heterocycles. The minimum atomic E-state index is -0.0886. The van der Waals surface area contributed by atoms with Gasteiger partial charge in [-0.3, -0.25) is 0 Å². The molecule has 1 aliphatic rings. The highest BCUT2D eigenvalue weighted by atomic mass is 16.5. The maximum Gasteiger partial charge on any atom is 0.246 e. The topological polar surface area (TPSA) is 54.2 Å². The SMILES string of the molecule is CC1CNc2ccccc2N1Cc1nc(C(C)(C)C)no1. The van der Waals surface area contributed by atoms with E-state index < -0.39 is 0 Å². The van der Waals surface area contributed by atoms with Crippen LogP contribution in [0.1, 0.15) is 39.4 Å². The van der Waals surface area contributed by atoms with Crippen LogP contribution in [-0.2, 0) is 12.0 Å². The van der Waals surface area contributed by atoms with Crippen LogP contribution in [-0.4, -0.2) is 22.7 Å². The maximum atomic E-state index is 5.43. The minimum absolute atomic E-state index is 0.0886. The standard InChI is InChI=1S/C16H22N4O/c1-11-9-17-12-7-5-6-8-13(12)20(11)10-14-18-15(19-21-14)16(2,3)4/h5-8,11,17H,9-10H2,1-4H3. The van der Waals surface area contributed by atoms with Crippen molar-refractivity contribution < 1.29 is 4.52 Å². The number of anilines is 2. The van der Waals surface area contributed by atoms with Crippen molar-refractivity contribution in [3.05, 3.63) is 36.0 Å². The van der Waals surface area contributed by atoms with Crippen molar-refractivity contribution in [2.24, 2.45) is 0 Å². The summed E-state index contributed by atoms with van der Waals surface area (Å²) in [7, 11) is 0. The Morgan fingerprint density at radius 3 is 2.81 bits per heavy atom. The molecule has 0 amide bonds. The lowest BCUT2D eigenvalue weighted by atomic mass is 9.96. The monoisotopic (exact) mass is 286 g/mol. The van der Waals surface area contributed by atoms with E-state index in [4.69, 9.17) is 4.52 Å². The van der Waals surface area contributed by atoms with Crippen LogP contribution in [0.5, 0.6) is 0 Å². The Morgan fingerprint density at radius 2 is 2.10 bits per heavy atom. The molecule has 1 aromatic heterocycles. The van der Waals surface area contributed by atoms with E-state index in [-0.39, 0.29) is 5.41 Å². The molecule has 112 valence electrons. The van der Waals surface area contributed by atoms with Gasteiger partial charge in [-0.15, -0.1) is 0 Å². The number of benzene rings is 1. The molecule has 0 spiro atoms. The van der Waals surface area contributed by atoms with Gasteiger partial charge in [0, 0.05) is 18.0 Å². The predicted octanol–water partition coefficient (Wildman–Crippen LogP) is 3.19. The van der Waals surface area contributed by atoms with Crippen LogP contribution >= 0.6 is 0 Å². The summed E-state index contributed by atoms with van der Waals surface area (Å²) in [5, 5.41) is 7.55. The van der Waals surface area contributed by atoms with Gasteiger partial charge >= 0.3 is 0 Å². The first-order valence-electron chi connectivity index (χ1n) is 7.38. The zero-order valence-electron chi connectivity index (χ0n) is 13.1. The summed E-state index contributed by atoms with van der Waals surface area (Å²) in [6, 6.07) is 8.70. The van der Waals surface area contributed by atoms with Crippen LogP contribution in [0.15, 0.2) is 28.8 Å². The Morgan fingerprint density at radius 1 is 1.33 bits per heavy atom. The van der Waals surface area contributed by atoms with E-state index in [0.29, 0.717) is 18.5 Å². The highest BCUT2D eigenvalue weighted by Crippen LogP contribution is 2.32. The number of hydrogen-bond donors (Lipinski definition) is 1. The van der Waals surface area contributed by atoms with Crippen LogP contribution in [0.3, 0.4) is 0 Å². The second-order valence-corrected chi connectivity index (χ2v) is 6.64. The fourth-order valence-electron chi connectivity index (χ4n) is 2.49. The third kappa shape index (κ3) is 2.73. The number of nitrogens with one attached hydrogen (secondary N) is 1. The number of hydrogen-bond acceptors (Lipinski definition) is 5. The van der Waals surface area contributed by atoms with E-state index >= 15 is 0 Å². The summed E-state index contributed by atoms with van der Waals surface area (Å²) < 4.78 is 5.43. The van der Waals surface area contributed by atoms with Crippen LogP contribution in [0.4, 0.5) is 11.4 Å². The second kappa shape index (κ2) is 5.06. The Bertz CT molecular complexity index is 629. The molecular formula is C16H22N4O. The minimum Gasteiger partial charge on any atom is -0.381 e. The average molecular weight is 286 g/mol. The van der Waals surface area contributed by atoms with Gasteiger partial charge in [-0.05, 0) is 19.1 Å². The third-order valence-electron chi connectivity index (χ3n) is 3.78. The first-order valence-corrected chi connectivity index (χ1v) is 7.38. The molecule has 2 aromatic rings. The Labute approximate surface area is 125 Å². The number of rotatable bonds is 2. The third-order valence-corrected chi connectivity index (χ3v) is 3.78. The quantitative estimate of drug-likeness (QED) is 0.919. The molecule has 0 saturated heterocycles. The summed E-state index contributed by atoms with van der Waals surface area (Å²) in [5.41, 5.74) is 2.26. The van der Waals surface area contributed by atoms with E-state index in [9.17, 15) is 0 Å². The molecule has 21 heavy (non-hydrogen) atoms. The van der Waals surface area contributed by atoms with Gasteiger partial charge in [0.15, 0.2) is 5.82 Å². The highest BCUT2D eigenvalue weighted by molar-refractivity contribution is 5.72. The molecule has 0 bridgehead atoms. The van der Waals surface area contributed by atoms with Gasteiger partial charge in [-0.1, -0.05) is 38.1 Å². The van der Waals surface area contributed by atoms with Crippen molar-refractivity contribution >= 4 is 11.4 Å². The van der Waals surface area contributed by atoms with Gasteiger partial charge in [0.1, 0.15) is 0 Å². The summed E-state index contributed by atoms with van der Waals surface area (Å²) in [6.07, 6.45) is 0. The van der Waals surface area contributed by atoms with Gasteiger partial charge in [0.05, 0.1) is 17.9 Å². The Hall–Kier alpha value is -2.04. The molecule has 1 N–H and O–H groups in total. The van der Waals surface area contributed by atoms with Crippen molar-refractivity contribution in [2.45, 2.75) is 45.7 Å². The number of fused-ring (bicyclic) bond motifs is 1. The lowest BCUT2D eigenvalue weighted by Gasteiger charge is -2.36. The van der Waals surface area contributed by atoms with Crippen molar-refractivity contribution in [3.63, 3.8) is 0 Å². The van der Waals surface area contributed by atoms with E-state index in [2.05, 4.69) is 66.3 Å². The van der Waals surface area contributed by atoms with Gasteiger partial charge in [0.2, 0.25) is 5.89 Å². The van der Waals surface area contributed by atoms with E-state index in [1.165, 1.54) is 5.69 Å². The zero-order chi connectivity index (χ0) is 15.0. The summed E-state index contributed by atoms with van der Waals surface area (Å²) in [4.78, 5) is 6.85. The normalized spacial score (nSPS) is 18.3. The van der Waals surface area contributed by atoms with Crippen molar-refractivity contribution in [1.29, 1.82) is 0 Å². The molecule has 0 saturated carbocycles. The Kier molecular flexibility index (Phi) is 3.35. The van der Waals surface area contributed by atoms with Gasteiger partial charge in [-0.2, -0.15) is 4.98 Å². The average Bonchev–Trinajstić information content (AvgIpc) is 2.91. The molecule has 0 radical (unpaired) electrons. The molecule has 1 atom stereocenters. The summed E-state index contributed by atoms with van der Waals surface area (Å²) >= 11 is 0. The first-order chi connectivity index (χ1) is 9.95. The molecule has 0 aliphatic carbocycles. The fraction of sp³-hybridized carbons (Fsp3) is 0.500. The Balaban J connectivity index is 1.86. The fourth-order valence-corrected chi connectivity index (χ4v) is 2.49. The molecule has 3 rings (SSSR count). The smallest absolute Gasteiger partial charge is 0.246 e.